The van der Waals surface area contributed by atoms with Crippen molar-refractivity contribution in [3.8, 4) is 0 Å². The molecule has 0 saturated heterocycles. The molecule has 2 aromatic carbocycles. The van der Waals surface area contributed by atoms with E-state index in [4.69, 9.17) is 0 Å². The van der Waals surface area contributed by atoms with Gasteiger partial charge in [0.15, 0.2) is 0 Å². The summed E-state index contributed by atoms with van der Waals surface area (Å²) >= 11 is 5.09. The molecule has 0 unspecified atom stereocenters. The zero-order chi connectivity index (χ0) is 12.3. The average Bonchev–Trinajstić information content (AvgIpc) is 2.32. The number of aliphatic hydroxyl groups is 1. The van der Waals surface area contributed by atoms with E-state index in [1.165, 1.54) is 4.90 Å². The lowest BCUT2D eigenvalue weighted by Gasteiger charge is -2.11. The molecule has 0 aliphatic heterocycles. The molecule has 0 saturated carbocycles. The van der Waals surface area contributed by atoms with Gasteiger partial charge in [-0.2, -0.15) is 0 Å². The van der Waals surface area contributed by atoms with Crippen LogP contribution in [0.1, 0.15) is 18.6 Å². The quantitative estimate of drug-likeness (QED) is 0.890. The fraction of sp³-hybridized carbons (Fsp3) is 0.143. The minimum Gasteiger partial charge on any atom is -0.389 e. The van der Waals surface area contributed by atoms with Crippen LogP contribution in [0.15, 0.2) is 62.8 Å². The zero-order valence-electron chi connectivity index (χ0n) is 9.43. The summed E-state index contributed by atoms with van der Waals surface area (Å²) in [6, 6.07) is 16.1. The number of hydrogen-bond acceptors (Lipinski definition) is 2. The van der Waals surface area contributed by atoms with Crippen LogP contribution in [-0.4, -0.2) is 5.11 Å². The van der Waals surface area contributed by atoms with Crippen molar-refractivity contribution < 1.29 is 5.11 Å². The number of hydrogen-bond donors (Lipinski definition) is 1. The van der Waals surface area contributed by atoms with E-state index < -0.39 is 6.10 Å². The topological polar surface area (TPSA) is 20.2 Å². The van der Waals surface area contributed by atoms with E-state index in [1.807, 2.05) is 36.4 Å². The second-order valence-electron chi connectivity index (χ2n) is 3.77. The minimum absolute atomic E-state index is 0.436. The zero-order valence-corrected chi connectivity index (χ0v) is 11.8. The Kier molecular flexibility index (Phi) is 4.26. The second-order valence-corrected chi connectivity index (χ2v) is 5.80. The minimum atomic E-state index is -0.436. The van der Waals surface area contributed by atoms with Crippen LogP contribution in [0.2, 0.25) is 0 Å². The summed E-state index contributed by atoms with van der Waals surface area (Å²) in [7, 11) is 0. The monoisotopic (exact) mass is 308 g/mol. The molecular formula is C14H13BrOS. The normalized spacial score (nSPS) is 12.4. The lowest BCUT2D eigenvalue weighted by molar-refractivity contribution is 0.196. The third-order valence-corrected chi connectivity index (χ3v) is 4.04. The van der Waals surface area contributed by atoms with E-state index in [0.29, 0.717) is 0 Å². The van der Waals surface area contributed by atoms with Crippen LogP contribution in [0.5, 0.6) is 0 Å². The summed E-state index contributed by atoms with van der Waals surface area (Å²) in [5, 5.41) is 9.71. The lowest BCUT2D eigenvalue weighted by Crippen LogP contribution is -1.93. The summed E-state index contributed by atoms with van der Waals surface area (Å²) in [6.07, 6.45) is -0.436. The molecular weight excluding hydrogens is 296 g/mol. The molecule has 0 aromatic heterocycles. The molecule has 3 heteroatoms. The van der Waals surface area contributed by atoms with Gasteiger partial charge in [0, 0.05) is 14.3 Å². The highest BCUT2D eigenvalue weighted by atomic mass is 79.9. The van der Waals surface area contributed by atoms with Gasteiger partial charge in [0.2, 0.25) is 0 Å². The number of benzene rings is 2. The molecule has 2 rings (SSSR count). The van der Waals surface area contributed by atoms with Gasteiger partial charge in [-0.1, -0.05) is 45.9 Å². The fourth-order valence-corrected chi connectivity index (χ4v) is 2.84. The maximum Gasteiger partial charge on any atom is 0.0772 e. The van der Waals surface area contributed by atoms with Gasteiger partial charge < -0.3 is 5.11 Å². The standard InChI is InChI=1S/C14H13BrOS/c1-10(16)13-4-2-3-5-14(13)17-12-8-6-11(15)7-9-12/h2-10,16H,1H3/t10-/m1/s1. The molecule has 1 atom stereocenters. The Morgan fingerprint density at radius 3 is 2.35 bits per heavy atom. The molecule has 0 bridgehead atoms. The highest BCUT2D eigenvalue weighted by molar-refractivity contribution is 9.10. The maximum atomic E-state index is 9.71. The van der Waals surface area contributed by atoms with E-state index in [-0.39, 0.29) is 0 Å². The van der Waals surface area contributed by atoms with Gasteiger partial charge in [-0.15, -0.1) is 0 Å². The molecule has 1 N–H and O–H groups in total. The highest BCUT2D eigenvalue weighted by Gasteiger charge is 2.08. The van der Waals surface area contributed by atoms with Crippen molar-refractivity contribution in [1.82, 2.24) is 0 Å². The average molecular weight is 309 g/mol. The van der Waals surface area contributed by atoms with Crippen LogP contribution >= 0.6 is 27.7 Å². The smallest absolute Gasteiger partial charge is 0.0772 e. The van der Waals surface area contributed by atoms with Crippen LogP contribution in [0.4, 0.5) is 0 Å². The third kappa shape index (κ3) is 3.35. The maximum absolute atomic E-state index is 9.71. The first kappa shape index (κ1) is 12.7. The van der Waals surface area contributed by atoms with Crippen molar-refractivity contribution in [2.75, 3.05) is 0 Å². The van der Waals surface area contributed by atoms with E-state index in [1.54, 1.807) is 18.7 Å². The molecule has 0 aliphatic rings. The van der Waals surface area contributed by atoms with Gasteiger partial charge in [-0.3, -0.25) is 0 Å². The lowest BCUT2D eigenvalue weighted by atomic mass is 10.1. The van der Waals surface area contributed by atoms with Crippen molar-refractivity contribution in [3.05, 3.63) is 58.6 Å². The fourth-order valence-electron chi connectivity index (χ4n) is 1.55. The molecule has 0 fully saturated rings. The highest BCUT2D eigenvalue weighted by Crippen LogP contribution is 2.33. The van der Waals surface area contributed by atoms with Gasteiger partial charge in [0.1, 0.15) is 0 Å². The molecule has 0 aliphatic carbocycles. The second kappa shape index (κ2) is 5.71. The Hall–Kier alpha value is -0.770. The molecule has 2 aromatic rings. The SMILES string of the molecule is C[C@@H](O)c1ccccc1Sc1ccc(Br)cc1. The van der Waals surface area contributed by atoms with Crippen molar-refractivity contribution in [1.29, 1.82) is 0 Å². The molecule has 0 amide bonds. The number of rotatable bonds is 3. The first-order valence-electron chi connectivity index (χ1n) is 5.37. The third-order valence-electron chi connectivity index (χ3n) is 2.41. The van der Waals surface area contributed by atoms with Crippen molar-refractivity contribution in [2.45, 2.75) is 22.8 Å². The Balaban J connectivity index is 2.26. The summed E-state index contributed by atoms with van der Waals surface area (Å²) in [6.45, 7) is 1.79. The molecule has 17 heavy (non-hydrogen) atoms. The van der Waals surface area contributed by atoms with Gasteiger partial charge in [0.25, 0.3) is 0 Å². The Morgan fingerprint density at radius 1 is 1.06 bits per heavy atom. The van der Waals surface area contributed by atoms with Crippen LogP contribution in [0.25, 0.3) is 0 Å². The molecule has 1 nitrogen and oxygen atoms in total. The Bertz CT molecular complexity index is 494. The summed E-state index contributed by atoms with van der Waals surface area (Å²) in [4.78, 5) is 2.27. The number of aliphatic hydroxyl groups excluding tert-OH is 1. The van der Waals surface area contributed by atoms with Gasteiger partial charge in [0.05, 0.1) is 6.10 Å². The molecule has 0 radical (unpaired) electrons. The van der Waals surface area contributed by atoms with E-state index in [0.717, 1.165) is 14.9 Å². The Labute approximate surface area is 114 Å². The Morgan fingerprint density at radius 2 is 1.71 bits per heavy atom. The van der Waals surface area contributed by atoms with Crippen LogP contribution in [0, 0.1) is 0 Å². The first-order valence-corrected chi connectivity index (χ1v) is 6.98. The molecule has 0 heterocycles. The van der Waals surface area contributed by atoms with Crippen LogP contribution in [0.3, 0.4) is 0 Å². The predicted molar refractivity (Wildman–Crippen MR) is 75.3 cm³/mol. The first-order chi connectivity index (χ1) is 8.16. The van der Waals surface area contributed by atoms with Crippen molar-refractivity contribution in [2.24, 2.45) is 0 Å². The molecule has 88 valence electrons. The summed E-state index contributed by atoms with van der Waals surface area (Å²) < 4.78 is 1.07. The van der Waals surface area contributed by atoms with Gasteiger partial charge in [-0.05, 0) is 42.8 Å². The van der Waals surface area contributed by atoms with Crippen molar-refractivity contribution >= 4 is 27.7 Å². The van der Waals surface area contributed by atoms with Gasteiger partial charge in [-0.25, -0.2) is 0 Å². The van der Waals surface area contributed by atoms with E-state index >= 15 is 0 Å². The molecule has 0 spiro atoms. The van der Waals surface area contributed by atoms with E-state index in [2.05, 4.69) is 28.1 Å². The largest absolute Gasteiger partial charge is 0.389 e. The van der Waals surface area contributed by atoms with Crippen molar-refractivity contribution in [3.63, 3.8) is 0 Å². The van der Waals surface area contributed by atoms with E-state index in [9.17, 15) is 5.11 Å². The summed E-state index contributed by atoms with van der Waals surface area (Å²) in [5.41, 5.74) is 0.973. The van der Waals surface area contributed by atoms with Gasteiger partial charge >= 0.3 is 0 Å². The van der Waals surface area contributed by atoms with Crippen LogP contribution < -0.4 is 0 Å². The van der Waals surface area contributed by atoms with Crippen LogP contribution in [-0.2, 0) is 0 Å². The summed E-state index contributed by atoms with van der Waals surface area (Å²) in [5.74, 6) is 0. The number of halogens is 1. The predicted octanol–water partition coefficient (Wildman–Crippen LogP) is 4.65.